The van der Waals surface area contributed by atoms with Crippen molar-refractivity contribution in [1.29, 1.82) is 0 Å². The SMILES string of the molecule is Cc1cc(O)ccc1C(=O)NCCC(N)=S. The minimum Gasteiger partial charge on any atom is -0.508 e. The van der Waals surface area contributed by atoms with Crippen LogP contribution in [-0.4, -0.2) is 22.5 Å². The Morgan fingerprint density at radius 2 is 2.25 bits per heavy atom. The molecule has 0 radical (unpaired) electrons. The number of phenols is 1. The van der Waals surface area contributed by atoms with Crippen LogP contribution in [0, 0.1) is 6.92 Å². The molecule has 0 spiro atoms. The fourth-order valence-electron chi connectivity index (χ4n) is 1.30. The van der Waals surface area contributed by atoms with Crippen molar-refractivity contribution >= 4 is 23.1 Å². The van der Waals surface area contributed by atoms with Crippen LogP contribution in [0.4, 0.5) is 0 Å². The molecule has 0 atom stereocenters. The number of phenolic OH excluding ortho intramolecular Hbond substituents is 1. The van der Waals surface area contributed by atoms with Gasteiger partial charge in [-0.15, -0.1) is 0 Å². The van der Waals surface area contributed by atoms with Crippen LogP contribution in [0.2, 0.25) is 0 Å². The Morgan fingerprint density at radius 1 is 1.56 bits per heavy atom. The largest absolute Gasteiger partial charge is 0.508 e. The predicted molar refractivity (Wildman–Crippen MR) is 66.6 cm³/mol. The van der Waals surface area contributed by atoms with Crippen LogP contribution in [0.5, 0.6) is 5.75 Å². The summed E-state index contributed by atoms with van der Waals surface area (Å²) in [5.41, 5.74) is 6.59. The van der Waals surface area contributed by atoms with Gasteiger partial charge in [-0.05, 0) is 30.7 Å². The smallest absolute Gasteiger partial charge is 0.251 e. The first-order chi connectivity index (χ1) is 7.50. The van der Waals surface area contributed by atoms with E-state index in [9.17, 15) is 9.90 Å². The van der Waals surface area contributed by atoms with E-state index in [0.29, 0.717) is 23.5 Å². The molecule has 0 aromatic heterocycles. The van der Waals surface area contributed by atoms with Gasteiger partial charge in [-0.1, -0.05) is 12.2 Å². The maximum atomic E-state index is 11.7. The Hall–Kier alpha value is -1.62. The van der Waals surface area contributed by atoms with Gasteiger partial charge >= 0.3 is 0 Å². The minimum absolute atomic E-state index is 0.150. The van der Waals surface area contributed by atoms with E-state index < -0.39 is 0 Å². The lowest BCUT2D eigenvalue weighted by Gasteiger charge is -2.07. The summed E-state index contributed by atoms with van der Waals surface area (Å²) in [5, 5.41) is 11.9. The van der Waals surface area contributed by atoms with Crippen molar-refractivity contribution in [2.45, 2.75) is 13.3 Å². The van der Waals surface area contributed by atoms with E-state index in [-0.39, 0.29) is 11.7 Å². The first-order valence-electron chi connectivity index (χ1n) is 4.87. The number of hydrogen-bond acceptors (Lipinski definition) is 3. The average Bonchev–Trinajstić information content (AvgIpc) is 2.16. The minimum atomic E-state index is -0.186. The molecule has 0 aliphatic heterocycles. The summed E-state index contributed by atoms with van der Waals surface area (Å²) >= 11 is 4.70. The molecule has 0 fully saturated rings. The Labute approximate surface area is 99.5 Å². The molecule has 1 rings (SSSR count). The zero-order valence-corrected chi connectivity index (χ0v) is 9.80. The summed E-state index contributed by atoms with van der Waals surface area (Å²) < 4.78 is 0. The number of rotatable bonds is 4. The van der Waals surface area contributed by atoms with E-state index in [1.165, 1.54) is 6.07 Å². The van der Waals surface area contributed by atoms with E-state index in [2.05, 4.69) is 5.32 Å². The second kappa shape index (κ2) is 5.46. The highest BCUT2D eigenvalue weighted by atomic mass is 32.1. The molecular formula is C11H14N2O2S. The lowest BCUT2D eigenvalue weighted by molar-refractivity contribution is 0.0954. The van der Waals surface area contributed by atoms with Crippen LogP contribution in [0.3, 0.4) is 0 Å². The highest BCUT2D eigenvalue weighted by Crippen LogP contribution is 2.15. The fourth-order valence-corrected chi connectivity index (χ4v) is 1.40. The lowest BCUT2D eigenvalue weighted by atomic mass is 10.1. The summed E-state index contributed by atoms with van der Waals surface area (Å²) in [5.74, 6) is -0.0362. The quantitative estimate of drug-likeness (QED) is 0.687. The van der Waals surface area contributed by atoms with Crippen LogP contribution in [0.25, 0.3) is 0 Å². The Kier molecular flexibility index (Phi) is 4.25. The van der Waals surface area contributed by atoms with Gasteiger partial charge < -0.3 is 16.2 Å². The van der Waals surface area contributed by atoms with Crippen LogP contribution in [0.15, 0.2) is 18.2 Å². The molecule has 1 aromatic carbocycles. The number of aryl methyl sites for hydroxylation is 1. The summed E-state index contributed by atoms with van der Waals surface area (Å²) in [4.78, 5) is 12.1. The topological polar surface area (TPSA) is 75.3 Å². The number of aromatic hydroxyl groups is 1. The van der Waals surface area contributed by atoms with Gasteiger partial charge in [0.2, 0.25) is 0 Å². The van der Waals surface area contributed by atoms with Gasteiger partial charge in [0.25, 0.3) is 5.91 Å². The molecule has 4 N–H and O–H groups in total. The molecule has 1 aromatic rings. The summed E-state index contributed by atoms with van der Waals surface area (Å²) in [6.45, 7) is 2.19. The third-order valence-electron chi connectivity index (χ3n) is 2.11. The maximum Gasteiger partial charge on any atom is 0.251 e. The molecule has 0 saturated carbocycles. The number of hydrogen-bond donors (Lipinski definition) is 3. The second-order valence-corrected chi connectivity index (χ2v) is 4.00. The number of benzene rings is 1. The highest BCUT2D eigenvalue weighted by Gasteiger charge is 2.08. The third-order valence-corrected chi connectivity index (χ3v) is 2.32. The van der Waals surface area contributed by atoms with Gasteiger partial charge in [-0.25, -0.2) is 0 Å². The number of carbonyl (C=O) groups excluding carboxylic acids is 1. The summed E-state index contributed by atoms with van der Waals surface area (Å²) in [6.07, 6.45) is 0.484. The van der Waals surface area contributed by atoms with Gasteiger partial charge in [-0.3, -0.25) is 4.79 Å². The molecule has 0 saturated heterocycles. The standard InChI is InChI=1S/C11H14N2O2S/c1-7-6-8(14)2-3-9(7)11(15)13-5-4-10(12)16/h2-3,6,14H,4-5H2,1H3,(H2,12,16)(H,13,15). The first-order valence-corrected chi connectivity index (χ1v) is 5.27. The number of thiocarbonyl (C=S) groups is 1. The fraction of sp³-hybridized carbons (Fsp3) is 0.273. The number of nitrogens with one attached hydrogen (secondary N) is 1. The van der Waals surface area contributed by atoms with Crippen molar-refractivity contribution in [1.82, 2.24) is 5.32 Å². The van der Waals surface area contributed by atoms with Crippen LogP contribution in [-0.2, 0) is 0 Å². The van der Waals surface area contributed by atoms with Crippen molar-refractivity contribution in [3.63, 3.8) is 0 Å². The molecular weight excluding hydrogens is 224 g/mol. The van der Waals surface area contributed by atoms with Crippen molar-refractivity contribution in [2.75, 3.05) is 6.54 Å². The molecule has 1 amide bonds. The Bertz CT molecular complexity index is 418. The Morgan fingerprint density at radius 3 is 2.81 bits per heavy atom. The predicted octanol–water partition coefficient (Wildman–Crippen LogP) is 1.11. The van der Waals surface area contributed by atoms with Gasteiger partial charge in [0, 0.05) is 18.5 Å². The zero-order valence-electron chi connectivity index (χ0n) is 8.99. The van der Waals surface area contributed by atoms with E-state index in [1.807, 2.05) is 0 Å². The van der Waals surface area contributed by atoms with Gasteiger partial charge in [0.15, 0.2) is 0 Å². The number of amides is 1. The normalized spacial score (nSPS) is 9.81. The van der Waals surface area contributed by atoms with Gasteiger partial charge in [0.1, 0.15) is 5.75 Å². The highest BCUT2D eigenvalue weighted by molar-refractivity contribution is 7.80. The molecule has 0 bridgehead atoms. The molecule has 0 unspecified atom stereocenters. The Balaban J connectivity index is 2.63. The van der Waals surface area contributed by atoms with Crippen molar-refractivity contribution in [3.8, 4) is 5.75 Å². The molecule has 4 nitrogen and oxygen atoms in total. The van der Waals surface area contributed by atoms with Crippen LogP contribution < -0.4 is 11.1 Å². The van der Waals surface area contributed by atoms with Crippen molar-refractivity contribution in [2.24, 2.45) is 5.73 Å². The third kappa shape index (κ3) is 3.51. The van der Waals surface area contributed by atoms with Gasteiger partial charge in [-0.2, -0.15) is 0 Å². The van der Waals surface area contributed by atoms with Gasteiger partial charge in [0.05, 0.1) is 4.99 Å². The van der Waals surface area contributed by atoms with Crippen molar-refractivity contribution < 1.29 is 9.90 Å². The molecule has 86 valence electrons. The van der Waals surface area contributed by atoms with Crippen molar-refractivity contribution in [3.05, 3.63) is 29.3 Å². The summed E-state index contributed by atoms with van der Waals surface area (Å²) in [6, 6.07) is 4.61. The monoisotopic (exact) mass is 238 g/mol. The van der Waals surface area contributed by atoms with E-state index in [4.69, 9.17) is 18.0 Å². The van der Waals surface area contributed by atoms with Crippen LogP contribution >= 0.6 is 12.2 Å². The number of nitrogens with two attached hydrogens (primary N) is 1. The van der Waals surface area contributed by atoms with E-state index >= 15 is 0 Å². The molecule has 16 heavy (non-hydrogen) atoms. The maximum absolute atomic E-state index is 11.7. The second-order valence-electron chi connectivity index (χ2n) is 3.47. The molecule has 0 heterocycles. The van der Waals surface area contributed by atoms with E-state index in [1.54, 1.807) is 19.1 Å². The average molecular weight is 238 g/mol. The first kappa shape index (κ1) is 12.4. The van der Waals surface area contributed by atoms with E-state index in [0.717, 1.165) is 5.56 Å². The molecule has 0 aliphatic carbocycles. The lowest BCUT2D eigenvalue weighted by Crippen LogP contribution is -2.27. The molecule has 5 heteroatoms. The zero-order chi connectivity index (χ0) is 12.1. The summed E-state index contributed by atoms with van der Waals surface area (Å²) in [7, 11) is 0. The number of carbonyl (C=O) groups is 1. The van der Waals surface area contributed by atoms with Crippen LogP contribution in [0.1, 0.15) is 22.3 Å². The molecule has 0 aliphatic rings.